The molecule has 1 N–H and O–H groups in total. The van der Waals surface area contributed by atoms with Gasteiger partial charge in [0.2, 0.25) is 0 Å². The zero-order chi connectivity index (χ0) is 15.6. The van der Waals surface area contributed by atoms with Crippen molar-refractivity contribution < 1.29 is 19.1 Å². The fraction of sp³-hybridized carbons (Fsp3) is 0.333. The molecule has 2 rings (SSSR count). The van der Waals surface area contributed by atoms with Crippen LogP contribution in [-0.4, -0.2) is 35.0 Å². The van der Waals surface area contributed by atoms with Gasteiger partial charge in [0.05, 0.1) is 4.88 Å². The van der Waals surface area contributed by atoms with Crippen LogP contribution < -0.4 is 0 Å². The summed E-state index contributed by atoms with van der Waals surface area (Å²) >= 11 is 1.20. The second kappa shape index (κ2) is 6.22. The Kier molecular flexibility index (Phi) is 4.57. The van der Waals surface area contributed by atoms with Crippen molar-refractivity contribution in [3.05, 3.63) is 34.5 Å². The number of hydrogen-bond acceptors (Lipinski definition) is 3. The van der Waals surface area contributed by atoms with E-state index in [0.717, 1.165) is 10.9 Å². The van der Waals surface area contributed by atoms with Crippen molar-refractivity contribution in [2.24, 2.45) is 0 Å². The first kappa shape index (κ1) is 15.4. The predicted octanol–water partition coefficient (Wildman–Crippen LogP) is 3.29. The lowest BCUT2D eigenvalue weighted by molar-refractivity contribution is -0.137. The van der Waals surface area contributed by atoms with E-state index >= 15 is 0 Å². The molecule has 0 saturated heterocycles. The Morgan fingerprint density at radius 1 is 1.38 bits per heavy atom. The number of halogens is 1. The largest absolute Gasteiger partial charge is 0.480 e. The van der Waals surface area contributed by atoms with Crippen molar-refractivity contribution in [3.63, 3.8) is 0 Å². The van der Waals surface area contributed by atoms with Gasteiger partial charge < -0.3 is 10.0 Å². The normalized spacial score (nSPS) is 10.8. The third kappa shape index (κ3) is 3.21. The number of hydrogen-bond donors (Lipinski definition) is 1. The molecule has 6 heteroatoms. The van der Waals surface area contributed by atoms with Gasteiger partial charge in [-0.3, -0.25) is 9.59 Å². The van der Waals surface area contributed by atoms with Gasteiger partial charge in [-0.15, -0.1) is 11.3 Å². The van der Waals surface area contributed by atoms with Crippen LogP contribution in [0.2, 0.25) is 0 Å². The van der Waals surface area contributed by atoms with Gasteiger partial charge in [0, 0.05) is 11.2 Å². The van der Waals surface area contributed by atoms with Gasteiger partial charge in [-0.2, -0.15) is 0 Å². The number of benzene rings is 1. The van der Waals surface area contributed by atoms with Gasteiger partial charge in [0.15, 0.2) is 0 Å². The number of carboxylic acid groups (broad SMARTS) is 1. The molecule has 0 spiro atoms. The third-order valence-electron chi connectivity index (χ3n) is 3.20. The van der Waals surface area contributed by atoms with E-state index in [0.29, 0.717) is 22.5 Å². The van der Waals surface area contributed by atoms with Crippen LogP contribution in [0.3, 0.4) is 0 Å². The molecule has 1 heterocycles. The SMILES string of the molecule is CCCN(CC(=O)O)C(=O)c1sc2cc(F)ccc2c1C. The van der Waals surface area contributed by atoms with E-state index in [2.05, 4.69) is 0 Å². The Labute approximate surface area is 125 Å². The van der Waals surface area contributed by atoms with Gasteiger partial charge in [-0.25, -0.2) is 4.39 Å². The molecule has 0 atom stereocenters. The first-order valence-electron chi connectivity index (χ1n) is 6.63. The van der Waals surface area contributed by atoms with Crippen molar-refractivity contribution in [2.75, 3.05) is 13.1 Å². The number of thiophene rings is 1. The molecule has 0 bridgehead atoms. The number of aryl methyl sites for hydroxylation is 1. The molecule has 112 valence electrons. The quantitative estimate of drug-likeness (QED) is 0.922. The molecule has 1 aromatic carbocycles. The van der Waals surface area contributed by atoms with Gasteiger partial charge >= 0.3 is 5.97 Å². The van der Waals surface area contributed by atoms with Crippen LogP contribution in [0.25, 0.3) is 10.1 Å². The predicted molar refractivity (Wildman–Crippen MR) is 80.4 cm³/mol. The summed E-state index contributed by atoms with van der Waals surface area (Å²) in [7, 11) is 0. The topological polar surface area (TPSA) is 57.6 Å². The maximum absolute atomic E-state index is 13.3. The standard InChI is InChI=1S/C15H16FNO3S/c1-3-6-17(8-13(18)19)15(20)14-9(2)11-5-4-10(16)7-12(11)21-14/h4-5,7H,3,6,8H2,1-2H3,(H,18,19). The van der Waals surface area contributed by atoms with Crippen molar-refractivity contribution in [1.29, 1.82) is 0 Å². The lowest BCUT2D eigenvalue weighted by atomic mass is 10.1. The highest BCUT2D eigenvalue weighted by Crippen LogP contribution is 2.32. The van der Waals surface area contributed by atoms with E-state index in [-0.39, 0.29) is 18.3 Å². The van der Waals surface area contributed by atoms with Crippen molar-refractivity contribution in [3.8, 4) is 0 Å². The Hall–Kier alpha value is -1.95. The van der Waals surface area contributed by atoms with Crippen LogP contribution >= 0.6 is 11.3 Å². The summed E-state index contributed by atoms with van der Waals surface area (Å²) in [5, 5.41) is 9.74. The van der Waals surface area contributed by atoms with Crippen molar-refractivity contribution >= 4 is 33.3 Å². The Bertz CT molecular complexity index is 696. The van der Waals surface area contributed by atoms with E-state index in [9.17, 15) is 14.0 Å². The molecular formula is C15H16FNO3S. The Balaban J connectivity index is 2.41. The van der Waals surface area contributed by atoms with E-state index in [4.69, 9.17) is 5.11 Å². The minimum Gasteiger partial charge on any atom is -0.480 e. The van der Waals surface area contributed by atoms with Crippen LogP contribution in [0.1, 0.15) is 28.6 Å². The molecule has 21 heavy (non-hydrogen) atoms. The van der Waals surface area contributed by atoms with Crippen LogP contribution in [0.5, 0.6) is 0 Å². The van der Waals surface area contributed by atoms with Crippen LogP contribution in [0, 0.1) is 12.7 Å². The molecule has 1 aromatic heterocycles. The van der Waals surface area contributed by atoms with Gasteiger partial charge in [0.25, 0.3) is 5.91 Å². The number of carbonyl (C=O) groups is 2. The fourth-order valence-corrected chi connectivity index (χ4v) is 3.43. The number of nitrogens with zero attached hydrogens (tertiary/aromatic N) is 1. The summed E-state index contributed by atoms with van der Waals surface area (Å²) in [5.41, 5.74) is 0.770. The highest BCUT2D eigenvalue weighted by Gasteiger charge is 2.22. The third-order valence-corrected chi connectivity index (χ3v) is 4.44. The Morgan fingerprint density at radius 2 is 2.10 bits per heavy atom. The molecule has 0 aliphatic carbocycles. The molecular weight excluding hydrogens is 293 g/mol. The van der Waals surface area contributed by atoms with Crippen LogP contribution in [-0.2, 0) is 4.79 Å². The number of rotatable bonds is 5. The van der Waals surface area contributed by atoms with Gasteiger partial charge in [0.1, 0.15) is 12.4 Å². The molecule has 2 aromatic rings. The van der Waals surface area contributed by atoms with Crippen LogP contribution in [0.15, 0.2) is 18.2 Å². The zero-order valence-corrected chi connectivity index (χ0v) is 12.7. The Morgan fingerprint density at radius 3 is 2.71 bits per heavy atom. The van der Waals surface area contributed by atoms with Gasteiger partial charge in [-0.05, 0) is 36.4 Å². The molecule has 0 aliphatic rings. The van der Waals surface area contributed by atoms with Crippen LogP contribution in [0.4, 0.5) is 4.39 Å². The molecule has 4 nitrogen and oxygen atoms in total. The summed E-state index contributed by atoms with van der Waals surface area (Å²) in [5.74, 6) is -1.70. The van der Waals surface area contributed by atoms with E-state index in [1.165, 1.54) is 28.4 Å². The van der Waals surface area contributed by atoms with Gasteiger partial charge in [-0.1, -0.05) is 13.0 Å². The van der Waals surface area contributed by atoms with E-state index in [1.54, 1.807) is 13.0 Å². The summed E-state index contributed by atoms with van der Waals surface area (Å²) < 4.78 is 14.0. The minimum absolute atomic E-state index is 0.307. The molecule has 0 fully saturated rings. The average molecular weight is 309 g/mol. The van der Waals surface area contributed by atoms with Crippen molar-refractivity contribution in [1.82, 2.24) is 4.90 Å². The first-order valence-corrected chi connectivity index (χ1v) is 7.45. The average Bonchev–Trinajstić information content (AvgIpc) is 2.73. The minimum atomic E-state index is -1.04. The fourth-order valence-electron chi connectivity index (χ4n) is 2.23. The maximum Gasteiger partial charge on any atom is 0.323 e. The summed E-state index contributed by atoms with van der Waals surface area (Å²) in [6.45, 7) is 3.74. The van der Waals surface area contributed by atoms with E-state index in [1.807, 2.05) is 6.92 Å². The summed E-state index contributed by atoms with van der Waals surface area (Å²) in [6.07, 6.45) is 0.678. The molecule has 0 radical (unpaired) electrons. The lowest BCUT2D eigenvalue weighted by Crippen LogP contribution is -2.36. The lowest BCUT2D eigenvalue weighted by Gasteiger charge is -2.19. The number of carboxylic acids is 1. The molecule has 1 amide bonds. The second-order valence-electron chi connectivity index (χ2n) is 4.82. The summed E-state index contributed by atoms with van der Waals surface area (Å²) in [4.78, 5) is 25.2. The molecule has 0 saturated carbocycles. The second-order valence-corrected chi connectivity index (χ2v) is 5.87. The monoisotopic (exact) mass is 309 g/mol. The maximum atomic E-state index is 13.3. The number of carbonyl (C=O) groups excluding carboxylic acids is 1. The molecule has 0 aliphatic heterocycles. The zero-order valence-electron chi connectivity index (χ0n) is 11.9. The number of amides is 1. The number of fused-ring (bicyclic) bond motifs is 1. The smallest absolute Gasteiger partial charge is 0.323 e. The van der Waals surface area contributed by atoms with E-state index < -0.39 is 5.97 Å². The summed E-state index contributed by atoms with van der Waals surface area (Å²) in [6, 6.07) is 4.40. The van der Waals surface area contributed by atoms with Crippen molar-refractivity contribution in [2.45, 2.75) is 20.3 Å². The highest BCUT2D eigenvalue weighted by atomic mass is 32.1. The number of aliphatic carboxylic acids is 1. The first-order chi connectivity index (χ1) is 9.93. The molecule has 0 unspecified atom stereocenters. The highest BCUT2D eigenvalue weighted by molar-refractivity contribution is 7.21.